The van der Waals surface area contributed by atoms with Gasteiger partial charge in [0.2, 0.25) is 5.91 Å². The van der Waals surface area contributed by atoms with Crippen LogP contribution in [0.2, 0.25) is 0 Å². The largest absolute Gasteiger partial charge is 0.483 e. The van der Waals surface area contributed by atoms with E-state index < -0.39 is 10.5 Å². The monoisotopic (exact) mass is 374 g/mol. The molecule has 3 rings (SSSR count). The SMILES string of the molecule is CNC(=O)NCC1=C(N2CCCC2=O)c2cc([N+](=O)[O-])ccc2OC1(C)C. The van der Waals surface area contributed by atoms with Crippen LogP contribution in [0.5, 0.6) is 5.75 Å². The number of urea groups is 1. The summed E-state index contributed by atoms with van der Waals surface area (Å²) in [5.41, 5.74) is 0.882. The van der Waals surface area contributed by atoms with Gasteiger partial charge >= 0.3 is 6.03 Å². The molecular formula is C18H22N4O5. The molecule has 0 bridgehead atoms. The number of likely N-dealkylation sites (tertiary alicyclic amines) is 1. The molecule has 0 saturated carbocycles. The van der Waals surface area contributed by atoms with Gasteiger partial charge in [0.15, 0.2) is 0 Å². The fourth-order valence-corrected chi connectivity index (χ4v) is 3.44. The standard InChI is InChI=1S/C18H22N4O5/c1-18(2)13(10-20-17(24)19-3)16(21-8-4-5-15(21)23)12-9-11(22(25)26)6-7-14(12)27-18/h6-7,9H,4-5,8,10H2,1-3H3,(H2,19,20,24). The summed E-state index contributed by atoms with van der Waals surface area (Å²) in [6, 6.07) is 3.99. The maximum atomic E-state index is 12.5. The predicted molar refractivity (Wildman–Crippen MR) is 98.1 cm³/mol. The lowest BCUT2D eigenvalue weighted by Gasteiger charge is -2.39. The van der Waals surface area contributed by atoms with E-state index in [1.165, 1.54) is 19.2 Å². The number of ether oxygens (including phenoxy) is 1. The fourth-order valence-electron chi connectivity index (χ4n) is 3.44. The molecule has 0 aliphatic carbocycles. The van der Waals surface area contributed by atoms with Crippen molar-refractivity contribution < 1.29 is 19.2 Å². The lowest BCUT2D eigenvalue weighted by molar-refractivity contribution is -0.384. The Hall–Kier alpha value is -3.10. The van der Waals surface area contributed by atoms with E-state index >= 15 is 0 Å². The maximum absolute atomic E-state index is 12.5. The van der Waals surface area contributed by atoms with Crippen molar-refractivity contribution in [2.24, 2.45) is 0 Å². The zero-order valence-corrected chi connectivity index (χ0v) is 15.5. The third-order valence-electron chi connectivity index (χ3n) is 4.80. The number of carbonyl (C=O) groups excluding carboxylic acids is 2. The first-order chi connectivity index (χ1) is 12.7. The molecule has 0 radical (unpaired) electrons. The number of rotatable bonds is 4. The van der Waals surface area contributed by atoms with Crippen molar-refractivity contribution in [3.05, 3.63) is 39.4 Å². The molecule has 1 aromatic rings. The molecule has 3 amide bonds. The number of benzene rings is 1. The Morgan fingerprint density at radius 1 is 1.41 bits per heavy atom. The van der Waals surface area contributed by atoms with Crippen molar-refractivity contribution in [2.75, 3.05) is 20.1 Å². The van der Waals surface area contributed by atoms with Gasteiger partial charge in [-0.3, -0.25) is 14.9 Å². The van der Waals surface area contributed by atoms with Crippen LogP contribution in [0.25, 0.3) is 5.70 Å². The Morgan fingerprint density at radius 2 is 2.15 bits per heavy atom. The molecule has 0 unspecified atom stereocenters. The summed E-state index contributed by atoms with van der Waals surface area (Å²) < 4.78 is 6.07. The minimum atomic E-state index is -0.803. The van der Waals surface area contributed by atoms with Crippen LogP contribution in [-0.4, -0.2) is 47.5 Å². The van der Waals surface area contributed by atoms with Crippen LogP contribution in [0.4, 0.5) is 10.5 Å². The maximum Gasteiger partial charge on any atom is 0.314 e. The topological polar surface area (TPSA) is 114 Å². The second kappa shape index (κ2) is 6.90. The van der Waals surface area contributed by atoms with E-state index in [1.807, 2.05) is 13.8 Å². The number of hydrogen-bond donors (Lipinski definition) is 2. The van der Waals surface area contributed by atoms with Crippen LogP contribution < -0.4 is 15.4 Å². The normalized spacial score (nSPS) is 18.0. The highest BCUT2D eigenvalue weighted by Crippen LogP contribution is 2.44. The number of nitrogens with zero attached hydrogens (tertiary/aromatic N) is 2. The summed E-state index contributed by atoms with van der Waals surface area (Å²) in [6.45, 7) is 4.36. The molecule has 2 N–H and O–H groups in total. The molecule has 2 aliphatic rings. The van der Waals surface area contributed by atoms with Crippen molar-refractivity contribution in [3.63, 3.8) is 0 Å². The van der Waals surface area contributed by atoms with E-state index in [4.69, 9.17) is 4.74 Å². The smallest absolute Gasteiger partial charge is 0.314 e. The molecule has 1 fully saturated rings. The van der Waals surface area contributed by atoms with Gasteiger partial charge in [-0.1, -0.05) is 0 Å². The van der Waals surface area contributed by atoms with Gasteiger partial charge in [0, 0.05) is 49.8 Å². The van der Waals surface area contributed by atoms with Gasteiger partial charge in [-0.2, -0.15) is 0 Å². The van der Waals surface area contributed by atoms with Crippen molar-refractivity contribution >= 4 is 23.3 Å². The Morgan fingerprint density at radius 3 is 2.74 bits per heavy atom. The first kappa shape index (κ1) is 18.7. The van der Waals surface area contributed by atoms with Gasteiger partial charge in [-0.05, 0) is 26.3 Å². The number of non-ortho nitro benzene ring substituents is 1. The number of nitrogens with one attached hydrogen (secondary N) is 2. The summed E-state index contributed by atoms with van der Waals surface area (Å²) in [5, 5.41) is 16.5. The van der Waals surface area contributed by atoms with Crippen LogP contribution in [0, 0.1) is 10.1 Å². The molecule has 2 aliphatic heterocycles. The van der Waals surface area contributed by atoms with Crippen molar-refractivity contribution in [1.82, 2.24) is 15.5 Å². The third-order valence-corrected chi connectivity index (χ3v) is 4.80. The first-order valence-electron chi connectivity index (χ1n) is 8.72. The van der Waals surface area contributed by atoms with E-state index in [2.05, 4.69) is 10.6 Å². The average Bonchev–Trinajstić information content (AvgIpc) is 3.03. The summed E-state index contributed by atoms with van der Waals surface area (Å²) in [6.07, 6.45) is 1.13. The van der Waals surface area contributed by atoms with E-state index in [9.17, 15) is 19.7 Å². The molecule has 9 nitrogen and oxygen atoms in total. The highest BCUT2D eigenvalue weighted by Gasteiger charge is 2.40. The number of amides is 3. The molecule has 0 aromatic heterocycles. The van der Waals surface area contributed by atoms with Crippen LogP contribution in [0.1, 0.15) is 32.3 Å². The quantitative estimate of drug-likeness (QED) is 0.618. The minimum absolute atomic E-state index is 0.0439. The van der Waals surface area contributed by atoms with E-state index in [-0.39, 0.29) is 24.2 Å². The zero-order chi connectivity index (χ0) is 19.8. The number of hydrogen-bond acceptors (Lipinski definition) is 5. The van der Waals surface area contributed by atoms with Crippen LogP contribution in [0.3, 0.4) is 0 Å². The van der Waals surface area contributed by atoms with E-state index in [0.717, 1.165) is 0 Å². The van der Waals surface area contributed by atoms with Gasteiger partial charge in [0.05, 0.1) is 10.6 Å². The molecule has 0 spiro atoms. The molecule has 9 heteroatoms. The Kier molecular flexibility index (Phi) is 4.77. The van der Waals surface area contributed by atoms with Crippen LogP contribution in [0.15, 0.2) is 23.8 Å². The summed E-state index contributed by atoms with van der Waals surface area (Å²) in [5.74, 6) is 0.432. The second-order valence-electron chi connectivity index (χ2n) is 6.96. The molecular weight excluding hydrogens is 352 g/mol. The number of nitro benzene ring substituents is 1. The third kappa shape index (κ3) is 3.44. The Labute approximate surface area is 156 Å². The van der Waals surface area contributed by atoms with Crippen LogP contribution >= 0.6 is 0 Å². The number of carbonyl (C=O) groups is 2. The highest BCUT2D eigenvalue weighted by molar-refractivity contribution is 5.92. The number of nitro groups is 1. The van der Waals surface area contributed by atoms with Crippen LogP contribution in [-0.2, 0) is 4.79 Å². The first-order valence-corrected chi connectivity index (χ1v) is 8.72. The van der Waals surface area contributed by atoms with Gasteiger partial charge in [-0.25, -0.2) is 4.79 Å². The Balaban J connectivity index is 2.18. The zero-order valence-electron chi connectivity index (χ0n) is 15.5. The summed E-state index contributed by atoms with van der Waals surface area (Å²) in [7, 11) is 1.51. The number of fused-ring (bicyclic) bond motifs is 1. The second-order valence-corrected chi connectivity index (χ2v) is 6.96. The molecule has 0 atom stereocenters. The van der Waals surface area contributed by atoms with Crippen molar-refractivity contribution in [3.8, 4) is 5.75 Å². The minimum Gasteiger partial charge on any atom is -0.483 e. The molecule has 1 aromatic carbocycles. The van der Waals surface area contributed by atoms with E-state index in [0.29, 0.717) is 42.0 Å². The van der Waals surface area contributed by atoms with Gasteiger partial charge in [0.1, 0.15) is 11.4 Å². The molecule has 2 heterocycles. The average molecular weight is 374 g/mol. The molecule has 1 saturated heterocycles. The summed E-state index contributed by atoms with van der Waals surface area (Å²) >= 11 is 0. The Bertz CT molecular complexity index is 846. The summed E-state index contributed by atoms with van der Waals surface area (Å²) in [4.78, 5) is 36.6. The lowest BCUT2D eigenvalue weighted by Crippen LogP contribution is -2.44. The highest BCUT2D eigenvalue weighted by atomic mass is 16.6. The lowest BCUT2D eigenvalue weighted by atomic mass is 9.88. The fraction of sp³-hybridized carbons (Fsp3) is 0.444. The van der Waals surface area contributed by atoms with E-state index in [1.54, 1.807) is 11.0 Å². The molecule has 144 valence electrons. The van der Waals surface area contributed by atoms with Gasteiger partial charge in [-0.15, -0.1) is 0 Å². The van der Waals surface area contributed by atoms with Gasteiger partial charge < -0.3 is 20.3 Å². The van der Waals surface area contributed by atoms with Crippen molar-refractivity contribution in [2.45, 2.75) is 32.3 Å². The predicted octanol–water partition coefficient (Wildman–Crippen LogP) is 2.03. The van der Waals surface area contributed by atoms with Crippen molar-refractivity contribution in [1.29, 1.82) is 0 Å². The van der Waals surface area contributed by atoms with Gasteiger partial charge in [0.25, 0.3) is 5.69 Å². The molecule has 27 heavy (non-hydrogen) atoms.